The van der Waals surface area contributed by atoms with Crippen molar-refractivity contribution >= 4 is 33.9 Å². The SMILES string of the molecule is CC[C@H](C)Oc1c(Br)cc(/C=C2/NC(=O)N(Cc3ccccc3)C2=O)cc1OC. The molecule has 0 unspecified atom stereocenters. The molecule has 2 aromatic carbocycles. The highest BCUT2D eigenvalue weighted by Gasteiger charge is 2.33. The van der Waals surface area contributed by atoms with Crippen LogP contribution in [0.25, 0.3) is 6.08 Å². The van der Waals surface area contributed by atoms with Gasteiger partial charge in [0.15, 0.2) is 11.5 Å². The van der Waals surface area contributed by atoms with Gasteiger partial charge in [0.05, 0.1) is 24.2 Å². The number of hydrogen-bond acceptors (Lipinski definition) is 4. The van der Waals surface area contributed by atoms with Crippen molar-refractivity contribution in [1.82, 2.24) is 10.2 Å². The smallest absolute Gasteiger partial charge is 0.329 e. The van der Waals surface area contributed by atoms with Gasteiger partial charge in [0.2, 0.25) is 0 Å². The molecule has 3 rings (SSSR count). The Morgan fingerprint density at radius 2 is 1.93 bits per heavy atom. The van der Waals surface area contributed by atoms with Gasteiger partial charge in [-0.15, -0.1) is 0 Å². The standard InChI is InChI=1S/C22H23BrN2O4/c1-4-14(2)29-20-17(23)10-16(12-19(20)28-3)11-18-21(26)25(22(27)24-18)13-15-8-6-5-7-9-15/h5-12,14H,4,13H2,1-3H3,(H,24,27)/b18-11+/t14-/m0/s1. The Balaban J connectivity index is 1.85. The van der Waals surface area contributed by atoms with Gasteiger partial charge in [0, 0.05) is 0 Å². The van der Waals surface area contributed by atoms with Crippen molar-refractivity contribution in [3.8, 4) is 11.5 Å². The quantitative estimate of drug-likeness (QED) is 0.480. The molecule has 0 aliphatic carbocycles. The summed E-state index contributed by atoms with van der Waals surface area (Å²) in [5, 5.41) is 2.65. The van der Waals surface area contributed by atoms with Crippen molar-refractivity contribution in [2.45, 2.75) is 32.9 Å². The number of urea groups is 1. The van der Waals surface area contributed by atoms with E-state index >= 15 is 0 Å². The predicted octanol–water partition coefficient (Wildman–Crippen LogP) is 4.73. The molecule has 1 fully saturated rings. The fourth-order valence-electron chi connectivity index (χ4n) is 2.87. The first-order valence-electron chi connectivity index (χ1n) is 9.35. The van der Waals surface area contributed by atoms with E-state index in [2.05, 4.69) is 21.2 Å². The van der Waals surface area contributed by atoms with Crippen LogP contribution in [0.15, 0.2) is 52.6 Å². The zero-order chi connectivity index (χ0) is 21.0. The van der Waals surface area contributed by atoms with Gasteiger partial charge >= 0.3 is 6.03 Å². The first-order chi connectivity index (χ1) is 13.9. The fraction of sp³-hybridized carbons (Fsp3) is 0.273. The molecule has 1 heterocycles. The minimum Gasteiger partial charge on any atom is -0.493 e. The van der Waals surface area contributed by atoms with Crippen LogP contribution in [0.1, 0.15) is 31.4 Å². The van der Waals surface area contributed by atoms with Gasteiger partial charge in [-0.3, -0.25) is 9.69 Å². The van der Waals surface area contributed by atoms with Gasteiger partial charge in [-0.25, -0.2) is 4.79 Å². The van der Waals surface area contributed by atoms with Gasteiger partial charge in [0.1, 0.15) is 5.70 Å². The molecule has 3 amide bonds. The number of ether oxygens (including phenoxy) is 2. The molecule has 0 aromatic heterocycles. The first-order valence-corrected chi connectivity index (χ1v) is 10.1. The van der Waals surface area contributed by atoms with Crippen LogP contribution in [-0.4, -0.2) is 30.1 Å². The lowest BCUT2D eigenvalue weighted by molar-refractivity contribution is -0.123. The lowest BCUT2D eigenvalue weighted by atomic mass is 10.1. The molecule has 0 bridgehead atoms. The van der Waals surface area contributed by atoms with Crippen molar-refractivity contribution in [2.24, 2.45) is 0 Å². The van der Waals surface area contributed by atoms with Crippen molar-refractivity contribution < 1.29 is 19.1 Å². The number of rotatable bonds is 7. The minimum atomic E-state index is -0.437. The van der Waals surface area contributed by atoms with Gasteiger partial charge in [0.25, 0.3) is 5.91 Å². The van der Waals surface area contributed by atoms with Gasteiger partial charge in [-0.1, -0.05) is 37.3 Å². The number of imide groups is 1. The molecule has 0 spiro atoms. The van der Waals surface area contributed by atoms with E-state index in [1.807, 2.05) is 50.2 Å². The molecule has 1 N–H and O–H groups in total. The van der Waals surface area contributed by atoms with E-state index < -0.39 is 6.03 Å². The molecule has 29 heavy (non-hydrogen) atoms. The highest BCUT2D eigenvalue weighted by Crippen LogP contribution is 2.38. The number of benzene rings is 2. The molecule has 1 saturated heterocycles. The molecule has 6 nitrogen and oxygen atoms in total. The molecular formula is C22H23BrN2O4. The molecule has 152 valence electrons. The maximum absolute atomic E-state index is 12.7. The minimum absolute atomic E-state index is 0.0339. The summed E-state index contributed by atoms with van der Waals surface area (Å²) < 4.78 is 12.1. The largest absolute Gasteiger partial charge is 0.493 e. The maximum atomic E-state index is 12.7. The molecule has 1 aliphatic rings. The molecule has 1 aliphatic heterocycles. The maximum Gasteiger partial charge on any atom is 0.329 e. The highest BCUT2D eigenvalue weighted by molar-refractivity contribution is 9.10. The molecule has 0 radical (unpaired) electrons. The second-order valence-corrected chi connectivity index (χ2v) is 7.59. The van der Waals surface area contributed by atoms with E-state index in [1.54, 1.807) is 19.3 Å². The van der Waals surface area contributed by atoms with Gasteiger partial charge < -0.3 is 14.8 Å². The van der Waals surface area contributed by atoms with Crippen molar-refractivity contribution in [1.29, 1.82) is 0 Å². The Morgan fingerprint density at radius 1 is 1.21 bits per heavy atom. The van der Waals surface area contributed by atoms with Crippen molar-refractivity contribution in [2.75, 3.05) is 7.11 Å². The van der Waals surface area contributed by atoms with E-state index in [4.69, 9.17) is 9.47 Å². The average Bonchev–Trinajstić information content (AvgIpc) is 2.97. The normalized spacial score (nSPS) is 16.1. The summed E-state index contributed by atoms with van der Waals surface area (Å²) in [6.07, 6.45) is 2.52. The van der Waals surface area contributed by atoms with E-state index in [0.29, 0.717) is 21.5 Å². The number of nitrogens with one attached hydrogen (secondary N) is 1. The summed E-state index contributed by atoms with van der Waals surface area (Å²) >= 11 is 3.51. The highest BCUT2D eigenvalue weighted by atomic mass is 79.9. The van der Waals surface area contributed by atoms with E-state index in [9.17, 15) is 9.59 Å². The molecule has 2 aromatic rings. The second-order valence-electron chi connectivity index (χ2n) is 6.74. The second kappa shape index (κ2) is 9.13. The van der Waals surface area contributed by atoms with Crippen LogP contribution in [0.3, 0.4) is 0 Å². The third kappa shape index (κ3) is 4.79. The third-order valence-corrected chi connectivity index (χ3v) is 5.19. The predicted molar refractivity (Wildman–Crippen MR) is 115 cm³/mol. The molecular weight excluding hydrogens is 436 g/mol. The number of methoxy groups -OCH3 is 1. The number of amides is 3. The number of nitrogens with zero attached hydrogens (tertiary/aromatic N) is 1. The molecule has 7 heteroatoms. The topological polar surface area (TPSA) is 67.9 Å². The summed E-state index contributed by atoms with van der Waals surface area (Å²) in [5.41, 5.74) is 1.80. The van der Waals surface area contributed by atoms with Gasteiger partial charge in [-0.05, 0) is 58.6 Å². The number of carbonyl (C=O) groups excluding carboxylic acids is 2. The lowest BCUT2D eigenvalue weighted by Crippen LogP contribution is -2.30. The summed E-state index contributed by atoms with van der Waals surface area (Å²) in [6.45, 7) is 4.24. The van der Waals surface area contributed by atoms with Crippen LogP contribution in [0.2, 0.25) is 0 Å². The Kier molecular flexibility index (Phi) is 6.59. The van der Waals surface area contributed by atoms with E-state index in [0.717, 1.165) is 12.0 Å². The molecule has 0 saturated carbocycles. The lowest BCUT2D eigenvalue weighted by Gasteiger charge is -2.17. The molecule has 1 atom stereocenters. The Morgan fingerprint density at radius 3 is 2.59 bits per heavy atom. The van der Waals surface area contributed by atoms with Crippen LogP contribution < -0.4 is 14.8 Å². The number of halogens is 1. The number of hydrogen-bond donors (Lipinski definition) is 1. The van der Waals surface area contributed by atoms with Crippen molar-refractivity contribution in [3.05, 3.63) is 63.8 Å². The Bertz CT molecular complexity index is 943. The van der Waals surface area contributed by atoms with Crippen LogP contribution in [0.4, 0.5) is 4.79 Å². The first kappa shape index (κ1) is 20.9. The van der Waals surface area contributed by atoms with Gasteiger partial charge in [-0.2, -0.15) is 0 Å². The summed E-state index contributed by atoms with van der Waals surface area (Å²) in [4.78, 5) is 26.2. The van der Waals surface area contributed by atoms with E-state index in [-0.39, 0.29) is 24.3 Å². The zero-order valence-corrected chi connectivity index (χ0v) is 18.2. The van der Waals surface area contributed by atoms with Crippen LogP contribution in [-0.2, 0) is 11.3 Å². The van der Waals surface area contributed by atoms with Crippen molar-refractivity contribution in [3.63, 3.8) is 0 Å². The van der Waals surface area contributed by atoms with Crippen LogP contribution in [0, 0.1) is 0 Å². The monoisotopic (exact) mass is 458 g/mol. The Hall–Kier alpha value is -2.80. The third-order valence-electron chi connectivity index (χ3n) is 4.60. The van der Waals surface area contributed by atoms with E-state index in [1.165, 1.54) is 4.90 Å². The number of carbonyl (C=O) groups is 2. The van der Waals surface area contributed by atoms with Crippen LogP contribution >= 0.6 is 15.9 Å². The Labute approximate surface area is 178 Å². The fourth-order valence-corrected chi connectivity index (χ4v) is 3.42. The summed E-state index contributed by atoms with van der Waals surface area (Å²) in [7, 11) is 1.56. The summed E-state index contributed by atoms with van der Waals surface area (Å²) in [5.74, 6) is 0.787. The van der Waals surface area contributed by atoms with Crippen LogP contribution in [0.5, 0.6) is 11.5 Å². The average molecular weight is 459 g/mol. The zero-order valence-electron chi connectivity index (χ0n) is 16.6. The summed E-state index contributed by atoms with van der Waals surface area (Å²) in [6, 6.07) is 12.5.